The Morgan fingerprint density at radius 1 is 1.69 bits per heavy atom. The average molecular weight is 179 g/mol. The zero-order valence-corrected chi connectivity index (χ0v) is 7.82. The van der Waals surface area contributed by atoms with Gasteiger partial charge < -0.3 is 5.73 Å². The normalized spacial score (nSPS) is 9.69. The van der Waals surface area contributed by atoms with E-state index in [0.29, 0.717) is 6.54 Å². The molecule has 0 aromatic carbocycles. The molecule has 13 heavy (non-hydrogen) atoms. The summed E-state index contributed by atoms with van der Waals surface area (Å²) in [5, 5.41) is 0. The summed E-state index contributed by atoms with van der Waals surface area (Å²) in [6.45, 7) is 4.51. The van der Waals surface area contributed by atoms with Gasteiger partial charge in [-0.3, -0.25) is 4.57 Å². The van der Waals surface area contributed by atoms with E-state index < -0.39 is 0 Å². The van der Waals surface area contributed by atoms with Crippen LogP contribution in [0.3, 0.4) is 0 Å². The number of nitrogens with zero attached hydrogens (tertiary/aromatic N) is 2. The van der Waals surface area contributed by atoms with E-state index in [4.69, 9.17) is 5.73 Å². The summed E-state index contributed by atoms with van der Waals surface area (Å²) in [5.74, 6) is 0.262. The quantitative estimate of drug-likeness (QED) is 0.683. The molecule has 0 fully saturated rings. The first-order valence-corrected chi connectivity index (χ1v) is 4.06. The summed E-state index contributed by atoms with van der Waals surface area (Å²) in [7, 11) is 0. The Hall–Kier alpha value is -1.58. The van der Waals surface area contributed by atoms with Crippen LogP contribution in [0.4, 0.5) is 5.82 Å². The first-order valence-electron chi connectivity index (χ1n) is 4.06. The number of rotatable bonds is 2. The van der Waals surface area contributed by atoms with Gasteiger partial charge in [0.05, 0.1) is 0 Å². The van der Waals surface area contributed by atoms with Crippen LogP contribution in [-0.2, 0) is 6.54 Å². The second-order valence-electron chi connectivity index (χ2n) is 3.07. The van der Waals surface area contributed by atoms with Crippen LogP contribution in [0.25, 0.3) is 0 Å². The highest BCUT2D eigenvalue weighted by molar-refractivity contribution is 5.23. The molecule has 0 saturated carbocycles. The molecule has 0 saturated heterocycles. The van der Waals surface area contributed by atoms with Crippen molar-refractivity contribution in [3.05, 3.63) is 34.4 Å². The van der Waals surface area contributed by atoms with E-state index in [1.165, 1.54) is 10.1 Å². The standard InChI is InChI=1S/C9H13N3O/c1-7(2)3-5-12-6-4-8(10)11-9(12)13/h3-4,6H,5H2,1-2H3,(H2,10,11,13). The number of anilines is 1. The molecule has 0 radical (unpaired) electrons. The van der Waals surface area contributed by atoms with Crippen LogP contribution in [0.15, 0.2) is 28.7 Å². The average Bonchev–Trinajstić information content (AvgIpc) is 2.02. The first-order chi connectivity index (χ1) is 6.09. The molecule has 1 aromatic rings. The number of allylic oxidation sites excluding steroid dienone is 2. The van der Waals surface area contributed by atoms with E-state index in [1.54, 1.807) is 12.3 Å². The molecule has 0 atom stereocenters. The van der Waals surface area contributed by atoms with Gasteiger partial charge in [-0.1, -0.05) is 11.6 Å². The van der Waals surface area contributed by atoms with E-state index >= 15 is 0 Å². The Morgan fingerprint density at radius 2 is 2.38 bits per heavy atom. The van der Waals surface area contributed by atoms with Crippen molar-refractivity contribution in [2.24, 2.45) is 0 Å². The molecule has 0 unspecified atom stereocenters. The van der Waals surface area contributed by atoms with Crippen molar-refractivity contribution >= 4 is 5.82 Å². The molecule has 0 bridgehead atoms. The van der Waals surface area contributed by atoms with Crippen LogP contribution >= 0.6 is 0 Å². The molecule has 0 amide bonds. The maximum atomic E-state index is 11.2. The fraction of sp³-hybridized carbons (Fsp3) is 0.333. The Kier molecular flexibility index (Phi) is 2.84. The largest absolute Gasteiger partial charge is 0.383 e. The number of hydrogen-bond donors (Lipinski definition) is 1. The van der Waals surface area contributed by atoms with Crippen molar-refractivity contribution < 1.29 is 0 Å². The van der Waals surface area contributed by atoms with Crippen LogP contribution in [0, 0.1) is 0 Å². The topological polar surface area (TPSA) is 60.9 Å². The van der Waals surface area contributed by atoms with Gasteiger partial charge in [0.1, 0.15) is 5.82 Å². The number of aromatic nitrogens is 2. The Labute approximate surface area is 76.7 Å². The third-order valence-electron chi connectivity index (χ3n) is 1.59. The number of hydrogen-bond acceptors (Lipinski definition) is 3. The van der Waals surface area contributed by atoms with Gasteiger partial charge in [-0.25, -0.2) is 4.79 Å². The summed E-state index contributed by atoms with van der Waals surface area (Å²) in [6, 6.07) is 1.61. The highest BCUT2D eigenvalue weighted by atomic mass is 16.1. The third kappa shape index (κ3) is 2.74. The van der Waals surface area contributed by atoms with Gasteiger partial charge in [-0.05, 0) is 19.9 Å². The van der Waals surface area contributed by atoms with Gasteiger partial charge in [0, 0.05) is 12.7 Å². The zero-order valence-electron chi connectivity index (χ0n) is 7.82. The van der Waals surface area contributed by atoms with Crippen molar-refractivity contribution in [2.45, 2.75) is 20.4 Å². The number of nitrogens with two attached hydrogens (primary N) is 1. The van der Waals surface area contributed by atoms with Gasteiger partial charge >= 0.3 is 5.69 Å². The zero-order chi connectivity index (χ0) is 9.84. The van der Waals surface area contributed by atoms with Gasteiger partial charge in [-0.2, -0.15) is 4.98 Å². The lowest BCUT2D eigenvalue weighted by atomic mass is 10.3. The van der Waals surface area contributed by atoms with E-state index in [-0.39, 0.29) is 11.5 Å². The van der Waals surface area contributed by atoms with Crippen LogP contribution in [-0.4, -0.2) is 9.55 Å². The Bertz CT molecular complexity index is 375. The molecule has 70 valence electrons. The second-order valence-corrected chi connectivity index (χ2v) is 3.07. The molecule has 4 nitrogen and oxygen atoms in total. The fourth-order valence-corrected chi connectivity index (χ4v) is 0.862. The van der Waals surface area contributed by atoms with Crippen LogP contribution in [0.5, 0.6) is 0 Å². The molecule has 2 N–H and O–H groups in total. The summed E-state index contributed by atoms with van der Waals surface area (Å²) < 4.78 is 1.50. The predicted octanol–water partition coefficient (Wildman–Crippen LogP) is 0.792. The summed E-state index contributed by atoms with van der Waals surface area (Å²) in [5.41, 5.74) is 6.21. The van der Waals surface area contributed by atoms with Crippen LogP contribution < -0.4 is 11.4 Å². The Balaban J connectivity index is 2.91. The molecular weight excluding hydrogens is 166 g/mol. The van der Waals surface area contributed by atoms with Gasteiger partial charge in [0.2, 0.25) is 0 Å². The van der Waals surface area contributed by atoms with Gasteiger partial charge in [0.15, 0.2) is 0 Å². The van der Waals surface area contributed by atoms with Gasteiger partial charge in [0.25, 0.3) is 0 Å². The molecule has 0 aliphatic heterocycles. The molecule has 0 spiro atoms. The van der Waals surface area contributed by atoms with Crippen molar-refractivity contribution in [2.75, 3.05) is 5.73 Å². The lowest BCUT2D eigenvalue weighted by Crippen LogP contribution is -2.22. The second kappa shape index (κ2) is 3.89. The minimum Gasteiger partial charge on any atom is -0.383 e. The Morgan fingerprint density at radius 3 is 2.92 bits per heavy atom. The van der Waals surface area contributed by atoms with Crippen molar-refractivity contribution in [3.63, 3.8) is 0 Å². The maximum absolute atomic E-state index is 11.2. The SMILES string of the molecule is CC(C)=CCn1ccc(N)nc1=O. The molecule has 0 aliphatic rings. The lowest BCUT2D eigenvalue weighted by Gasteiger charge is -2.00. The van der Waals surface area contributed by atoms with E-state index in [0.717, 1.165) is 0 Å². The predicted molar refractivity (Wildman–Crippen MR) is 52.3 cm³/mol. The van der Waals surface area contributed by atoms with E-state index in [1.807, 2.05) is 19.9 Å². The molecule has 1 rings (SSSR count). The lowest BCUT2D eigenvalue weighted by molar-refractivity contribution is 0.742. The fourth-order valence-electron chi connectivity index (χ4n) is 0.862. The van der Waals surface area contributed by atoms with E-state index in [9.17, 15) is 4.79 Å². The molecular formula is C9H13N3O. The van der Waals surface area contributed by atoms with Crippen molar-refractivity contribution in [1.29, 1.82) is 0 Å². The summed E-state index contributed by atoms with van der Waals surface area (Å²) >= 11 is 0. The summed E-state index contributed by atoms with van der Waals surface area (Å²) in [4.78, 5) is 14.8. The highest BCUT2D eigenvalue weighted by Crippen LogP contribution is 1.93. The maximum Gasteiger partial charge on any atom is 0.349 e. The molecule has 1 heterocycles. The van der Waals surface area contributed by atoms with Gasteiger partial charge in [-0.15, -0.1) is 0 Å². The summed E-state index contributed by atoms with van der Waals surface area (Å²) in [6.07, 6.45) is 3.60. The third-order valence-corrected chi connectivity index (χ3v) is 1.59. The number of nitrogen functional groups attached to an aromatic ring is 1. The monoisotopic (exact) mass is 179 g/mol. The van der Waals surface area contributed by atoms with Crippen LogP contribution in [0.1, 0.15) is 13.8 Å². The molecule has 1 aromatic heterocycles. The van der Waals surface area contributed by atoms with Crippen molar-refractivity contribution in [1.82, 2.24) is 9.55 Å². The minimum absolute atomic E-state index is 0.262. The van der Waals surface area contributed by atoms with Crippen molar-refractivity contribution in [3.8, 4) is 0 Å². The minimum atomic E-state index is -0.308. The molecule has 0 aliphatic carbocycles. The first kappa shape index (κ1) is 9.51. The molecule has 4 heteroatoms. The highest BCUT2D eigenvalue weighted by Gasteiger charge is 1.94. The smallest absolute Gasteiger partial charge is 0.349 e. The van der Waals surface area contributed by atoms with E-state index in [2.05, 4.69) is 4.98 Å². The van der Waals surface area contributed by atoms with Crippen LogP contribution in [0.2, 0.25) is 0 Å².